The smallest absolute Gasteiger partial charge is 0.218 e. The van der Waals surface area contributed by atoms with E-state index in [0.29, 0.717) is 12.1 Å². The minimum absolute atomic E-state index is 0.145. The van der Waals surface area contributed by atoms with E-state index in [1.54, 1.807) is 0 Å². The average molecular weight is 315 g/mol. The molecular weight excluding hydrogens is 307 g/mol. The number of aryl methyl sites for hydroxylation is 2. The fourth-order valence-corrected chi connectivity index (χ4v) is 1.85. The van der Waals surface area contributed by atoms with Gasteiger partial charge in [-0.1, -0.05) is 17.2 Å². The van der Waals surface area contributed by atoms with Gasteiger partial charge in [-0.2, -0.15) is 26.3 Å². The minimum Gasteiger partial charge on any atom is -0.218 e. The molecule has 0 N–H and O–H groups in total. The van der Waals surface area contributed by atoms with Crippen molar-refractivity contribution in [1.82, 2.24) is 0 Å². The largest absolute Gasteiger partial charge is 0.435 e. The van der Waals surface area contributed by atoms with Crippen molar-refractivity contribution in [2.24, 2.45) is 5.11 Å². The number of alkyl halides is 7. The van der Waals surface area contributed by atoms with Crippen molar-refractivity contribution in [2.75, 3.05) is 0 Å². The summed E-state index contributed by atoms with van der Waals surface area (Å²) in [6.45, 7) is 2.24. The van der Waals surface area contributed by atoms with E-state index in [4.69, 9.17) is 5.53 Å². The summed E-state index contributed by atoms with van der Waals surface area (Å²) in [4.78, 5) is 2.40. The van der Waals surface area contributed by atoms with Crippen LogP contribution in [0.1, 0.15) is 16.7 Å². The van der Waals surface area contributed by atoms with Gasteiger partial charge in [-0.15, -0.1) is 0 Å². The number of rotatable bonds is 2. The highest BCUT2D eigenvalue weighted by Gasteiger charge is 2.73. The first-order valence-electron chi connectivity index (χ1n) is 5.35. The monoisotopic (exact) mass is 315 g/mol. The summed E-state index contributed by atoms with van der Waals surface area (Å²) in [6.07, 6.45) is -12.4. The molecule has 0 aliphatic heterocycles. The molecule has 21 heavy (non-hydrogen) atoms. The summed E-state index contributed by atoms with van der Waals surface area (Å²) >= 11 is 0. The Morgan fingerprint density at radius 1 is 0.905 bits per heavy atom. The predicted octanol–water partition coefficient (Wildman–Crippen LogP) is 5.53. The zero-order chi connectivity index (χ0) is 16.6. The topological polar surface area (TPSA) is 48.8 Å². The molecule has 1 aromatic rings. The third kappa shape index (κ3) is 2.76. The van der Waals surface area contributed by atoms with Crippen LogP contribution in [0.25, 0.3) is 10.4 Å². The van der Waals surface area contributed by atoms with Crippen LogP contribution in [0, 0.1) is 13.8 Å². The molecule has 0 amide bonds. The maximum Gasteiger partial charge on any atom is 0.435 e. The highest BCUT2D eigenvalue weighted by Crippen LogP contribution is 2.53. The third-order valence-electron chi connectivity index (χ3n) is 2.81. The molecule has 1 rings (SSSR count). The van der Waals surface area contributed by atoms with Gasteiger partial charge in [-0.05, 0) is 30.5 Å². The molecule has 0 aliphatic carbocycles. The molecule has 3 nitrogen and oxygen atoms in total. The van der Waals surface area contributed by atoms with Gasteiger partial charge in [-0.3, -0.25) is 0 Å². The summed E-state index contributed by atoms with van der Waals surface area (Å²) in [5, 5.41) is 3.15. The van der Waals surface area contributed by atoms with E-state index in [1.165, 1.54) is 0 Å². The lowest BCUT2D eigenvalue weighted by molar-refractivity contribution is -0.348. The van der Waals surface area contributed by atoms with Gasteiger partial charge in [0.1, 0.15) is 0 Å². The second-order valence-electron chi connectivity index (χ2n) is 4.30. The predicted molar refractivity (Wildman–Crippen MR) is 59.6 cm³/mol. The van der Waals surface area contributed by atoms with Crippen LogP contribution in [0.5, 0.6) is 0 Å². The van der Waals surface area contributed by atoms with Crippen LogP contribution in [0.2, 0.25) is 0 Å². The van der Waals surface area contributed by atoms with Crippen LogP contribution in [0.3, 0.4) is 0 Å². The second-order valence-corrected chi connectivity index (χ2v) is 4.30. The Morgan fingerprint density at radius 3 is 1.57 bits per heavy atom. The highest BCUT2D eigenvalue weighted by atomic mass is 19.4. The van der Waals surface area contributed by atoms with Crippen LogP contribution in [-0.4, -0.2) is 12.4 Å². The van der Waals surface area contributed by atoms with Crippen LogP contribution in [0.15, 0.2) is 17.2 Å². The number of nitrogens with zero attached hydrogens (tertiary/aromatic N) is 3. The van der Waals surface area contributed by atoms with E-state index in [0.717, 1.165) is 13.8 Å². The molecule has 0 fully saturated rings. The second kappa shape index (κ2) is 5.10. The van der Waals surface area contributed by atoms with Crippen molar-refractivity contribution in [2.45, 2.75) is 31.9 Å². The van der Waals surface area contributed by atoms with Gasteiger partial charge in [0.05, 0.1) is 0 Å². The van der Waals surface area contributed by atoms with Gasteiger partial charge in [-0.25, -0.2) is 4.39 Å². The molecule has 0 aliphatic rings. The number of benzene rings is 1. The lowest BCUT2D eigenvalue weighted by Gasteiger charge is -2.31. The molecule has 10 heteroatoms. The normalized spacial score (nSPS) is 13.0. The van der Waals surface area contributed by atoms with Crippen molar-refractivity contribution >= 4 is 5.69 Å². The summed E-state index contributed by atoms with van der Waals surface area (Å²) < 4.78 is 89.6. The number of halogens is 7. The van der Waals surface area contributed by atoms with Gasteiger partial charge in [0.25, 0.3) is 0 Å². The summed E-state index contributed by atoms with van der Waals surface area (Å²) in [7, 11) is 0. The maximum atomic E-state index is 13.9. The number of azide groups is 1. The molecule has 0 atom stereocenters. The van der Waals surface area contributed by atoms with E-state index in [9.17, 15) is 30.7 Å². The molecule has 1 aromatic carbocycles. The van der Waals surface area contributed by atoms with E-state index < -0.39 is 23.6 Å². The van der Waals surface area contributed by atoms with Crippen molar-refractivity contribution in [1.29, 1.82) is 0 Å². The summed E-state index contributed by atoms with van der Waals surface area (Å²) in [6, 6.07) is 0.746. The van der Waals surface area contributed by atoms with E-state index >= 15 is 0 Å². The fraction of sp³-hybridized carbons (Fsp3) is 0.455. The Balaban J connectivity index is 3.67. The molecule has 0 heterocycles. The molecule has 0 aromatic heterocycles. The van der Waals surface area contributed by atoms with Gasteiger partial charge in [0.15, 0.2) is 0 Å². The van der Waals surface area contributed by atoms with Gasteiger partial charge >= 0.3 is 18.0 Å². The lowest BCUT2D eigenvalue weighted by Crippen LogP contribution is -2.50. The van der Waals surface area contributed by atoms with Crippen molar-refractivity contribution in [3.05, 3.63) is 39.3 Å². The molecule has 0 spiro atoms. The number of hydrogen-bond donors (Lipinski definition) is 0. The minimum atomic E-state index is -6.18. The van der Waals surface area contributed by atoms with Gasteiger partial charge in [0.2, 0.25) is 0 Å². The highest BCUT2D eigenvalue weighted by molar-refractivity contribution is 5.55. The van der Waals surface area contributed by atoms with Crippen LogP contribution in [0.4, 0.5) is 36.4 Å². The van der Waals surface area contributed by atoms with Crippen molar-refractivity contribution in [3.63, 3.8) is 0 Å². The van der Waals surface area contributed by atoms with Crippen LogP contribution in [-0.2, 0) is 5.67 Å². The summed E-state index contributed by atoms with van der Waals surface area (Å²) in [5.74, 6) is 0. The fourth-order valence-electron chi connectivity index (χ4n) is 1.85. The van der Waals surface area contributed by atoms with E-state index in [-0.39, 0.29) is 16.8 Å². The first-order chi connectivity index (χ1) is 9.36. The van der Waals surface area contributed by atoms with Crippen LogP contribution < -0.4 is 0 Å². The Bertz CT molecular complexity index is 560. The van der Waals surface area contributed by atoms with Crippen molar-refractivity contribution < 1.29 is 30.7 Å². The van der Waals surface area contributed by atoms with E-state index in [1.807, 2.05) is 0 Å². The third-order valence-corrected chi connectivity index (χ3v) is 2.81. The van der Waals surface area contributed by atoms with Gasteiger partial charge < -0.3 is 0 Å². The van der Waals surface area contributed by atoms with Crippen molar-refractivity contribution in [3.8, 4) is 0 Å². The summed E-state index contributed by atoms with van der Waals surface area (Å²) in [5.41, 5.74) is 0.645. The first-order valence-corrected chi connectivity index (χ1v) is 5.35. The molecular formula is C11H8F7N3. The molecule has 116 valence electrons. The molecule has 0 saturated carbocycles. The SMILES string of the molecule is Cc1cc(C(F)(C(F)(F)F)C(F)(F)F)cc(C)c1N=[N+]=[N-]. The Morgan fingerprint density at radius 2 is 1.29 bits per heavy atom. The van der Waals surface area contributed by atoms with Gasteiger partial charge in [0, 0.05) is 16.2 Å². The first kappa shape index (κ1) is 17.1. The molecule has 0 unspecified atom stereocenters. The van der Waals surface area contributed by atoms with Crippen LogP contribution >= 0.6 is 0 Å². The zero-order valence-electron chi connectivity index (χ0n) is 10.6. The average Bonchev–Trinajstić information content (AvgIpc) is 2.29. The Hall–Kier alpha value is -1.96. The molecule has 0 saturated heterocycles. The zero-order valence-corrected chi connectivity index (χ0v) is 10.6. The quantitative estimate of drug-likeness (QED) is 0.298. The Labute approximate surface area is 114 Å². The molecule has 0 bridgehead atoms. The van der Waals surface area contributed by atoms with E-state index in [2.05, 4.69) is 10.0 Å². The lowest BCUT2D eigenvalue weighted by atomic mass is 9.90. The molecule has 0 radical (unpaired) electrons. The Kier molecular flexibility index (Phi) is 4.15. The maximum absolute atomic E-state index is 13.9. The standard InChI is InChI=1S/C11H8F7N3/c1-5-3-7(4-6(2)8(5)20-21-19)9(12,10(13,14)15)11(16,17)18/h3-4H,1-2H3. The number of hydrogen-bond acceptors (Lipinski definition) is 1.